The molecule has 0 aliphatic carbocycles. The molecule has 0 radical (unpaired) electrons. The van der Waals surface area contributed by atoms with Crippen molar-refractivity contribution >= 4 is 35.8 Å². The van der Waals surface area contributed by atoms with Crippen LogP contribution in [0.25, 0.3) is 23.3 Å². The number of aromatic amines is 1. The van der Waals surface area contributed by atoms with Crippen molar-refractivity contribution in [2.24, 2.45) is 0 Å². The molecule has 0 bridgehead atoms. The number of carbonyl (C=O) groups is 2. The van der Waals surface area contributed by atoms with Crippen molar-refractivity contribution in [3.05, 3.63) is 77.4 Å². The first-order chi connectivity index (χ1) is 15.0. The van der Waals surface area contributed by atoms with E-state index < -0.39 is 17.9 Å². The minimum absolute atomic E-state index is 0.367. The maximum Gasteiger partial charge on any atom is 0.326 e. The minimum atomic E-state index is -1.03. The Kier molecular flexibility index (Phi) is 7.67. The molecule has 0 saturated carbocycles. The third-order valence-electron chi connectivity index (χ3n) is 4.90. The predicted octanol–water partition coefficient (Wildman–Crippen LogP) is 4.49. The van der Waals surface area contributed by atoms with Crippen LogP contribution < -0.4 is 5.32 Å². The summed E-state index contributed by atoms with van der Waals surface area (Å²) in [6.07, 6.45) is 9.50. The number of aromatic nitrogens is 2. The van der Waals surface area contributed by atoms with Crippen molar-refractivity contribution in [3.63, 3.8) is 0 Å². The highest BCUT2D eigenvalue weighted by molar-refractivity contribution is 7.98. The molecule has 0 aliphatic heterocycles. The number of carboxylic acids is 1. The van der Waals surface area contributed by atoms with Gasteiger partial charge in [0.2, 0.25) is 0 Å². The van der Waals surface area contributed by atoms with Crippen LogP contribution >= 0.6 is 11.8 Å². The summed E-state index contributed by atoms with van der Waals surface area (Å²) >= 11 is 1.55. The molecule has 1 aromatic heterocycles. The lowest BCUT2D eigenvalue weighted by Crippen LogP contribution is -2.41. The standard InChI is InChI=1S/C24H25N3O3S/c1-16-5-3-4-6-19(16)21-13-17(7-9-18-14-25-15-26-18)8-10-20(21)23(28)27-22(24(29)30)11-12-31-2/h3-10,13-15,22H,11-12H2,1-2H3,(H,25,26)(H,27,28)(H,29,30). The maximum atomic E-state index is 13.1. The van der Waals surface area contributed by atoms with Crippen molar-refractivity contribution in [1.82, 2.24) is 15.3 Å². The first kappa shape index (κ1) is 22.4. The fraction of sp³-hybridized carbons (Fsp3) is 0.208. The van der Waals surface area contributed by atoms with Gasteiger partial charge in [-0.2, -0.15) is 11.8 Å². The highest BCUT2D eigenvalue weighted by Crippen LogP contribution is 2.29. The smallest absolute Gasteiger partial charge is 0.326 e. The number of thioether (sulfide) groups is 1. The highest BCUT2D eigenvalue weighted by atomic mass is 32.2. The number of nitrogens with one attached hydrogen (secondary N) is 2. The van der Waals surface area contributed by atoms with Crippen LogP contribution in [0.1, 0.15) is 33.6 Å². The predicted molar refractivity (Wildman–Crippen MR) is 126 cm³/mol. The van der Waals surface area contributed by atoms with Crippen LogP contribution in [0, 0.1) is 6.92 Å². The maximum absolute atomic E-state index is 13.1. The van der Waals surface area contributed by atoms with Gasteiger partial charge in [-0.3, -0.25) is 4.79 Å². The molecule has 3 rings (SSSR count). The van der Waals surface area contributed by atoms with E-state index in [2.05, 4.69) is 15.3 Å². The molecule has 1 heterocycles. The number of aliphatic carboxylic acids is 1. The number of benzene rings is 2. The molecule has 1 amide bonds. The molecule has 31 heavy (non-hydrogen) atoms. The summed E-state index contributed by atoms with van der Waals surface area (Å²) in [5, 5.41) is 12.2. The Bertz CT molecular complexity index is 1080. The van der Waals surface area contributed by atoms with Crippen LogP contribution in [0.4, 0.5) is 0 Å². The number of H-pyrrole nitrogens is 1. The Morgan fingerprint density at radius 2 is 2.00 bits per heavy atom. The zero-order valence-electron chi connectivity index (χ0n) is 17.5. The van der Waals surface area contributed by atoms with Crippen LogP contribution in [0.3, 0.4) is 0 Å². The van der Waals surface area contributed by atoms with Gasteiger partial charge in [-0.1, -0.05) is 36.4 Å². The quantitative estimate of drug-likeness (QED) is 0.460. The number of carboxylic acid groups (broad SMARTS) is 1. The highest BCUT2D eigenvalue weighted by Gasteiger charge is 2.22. The lowest BCUT2D eigenvalue weighted by Gasteiger charge is -2.17. The molecule has 1 atom stereocenters. The average molecular weight is 436 g/mol. The van der Waals surface area contributed by atoms with Crippen LogP contribution in [0.15, 0.2) is 55.0 Å². The average Bonchev–Trinajstić information content (AvgIpc) is 3.29. The summed E-state index contributed by atoms with van der Waals surface area (Å²) in [7, 11) is 0. The molecule has 7 heteroatoms. The SMILES string of the molecule is CSCCC(NC(=O)c1ccc(C=Cc2c[nH]cn2)cc1-c1ccccc1C)C(=O)O. The Balaban J connectivity index is 1.97. The number of hydrogen-bond donors (Lipinski definition) is 3. The van der Waals surface area contributed by atoms with Gasteiger partial charge in [0.25, 0.3) is 5.91 Å². The van der Waals surface area contributed by atoms with E-state index in [1.807, 2.05) is 61.7 Å². The number of aryl methyl sites for hydroxylation is 1. The van der Waals surface area contributed by atoms with Gasteiger partial charge in [0.15, 0.2) is 0 Å². The van der Waals surface area contributed by atoms with Crippen molar-refractivity contribution in [2.75, 3.05) is 12.0 Å². The summed E-state index contributed by atoms with van der Waals surface area (Å²) < 4.78 is 0. The summed E-state index contributed by atoms with van der Waals surface area (Å²) in [5.41, 5.74) is 4.88. The van der Waals surface area contributed by atoms with Gasteiger partial charge in [0.05, 0.1) is 12.0 Å². The number of rotatable bonds is 9. The largest absolute Gasteiger partial charge is 0.480 e. The van der Waals surface area contributed by atoms with Gasteiger partial charge in [0, 0.05) is 11.8 Å². The second-order valence-corrected chi connectivity index (χ2v) is 8.08. The van der Waals surface area contributed by atoms with Crippen molar-refractivity contribution in [1.29, 1.82) is 0 Å². The Morgan fingerprint density at radius 1 is 1.19 bits per heavy atom. The van der Waals surface area contributed by atoms with E-state index in [-0.39, 0.29) is 0 Å². The summed E-state index contributed by atoms with van der Waals surface area (Å²) in [6, 6.07) is 12.4. The van der Waals surface area contributed by atoms with Gasteiger partial charge < -0.3 is 15.4 Å². The molecule has 3 aromatic rings. The fourth-order valence-electron chi connectivity index (χ4n) is 3.24. The molecule has 3 N–H and O–H groups in total. The Hall–Kier alpha value is -3.32. The van der Waals surface area contributed by atoms with Crippen molar-refractivity contribution in [3.8, 4) is 11.1 Å². The van der Waals surface area contributed by atoms with Gasteiger partial charge in [-0.15, -0.1) is 0 Å². The van der Waals surface area contributed by atoms with E-state index >= 15 is 0 Å². The zero-order chi connectivity index (χ0) is 22.2. The Morgan fingerprint density at radius 3 is 2.68 bits per heavy atom. The number of imidazole rings is 1. The molecule has 0 fully saturated rings. The number of hydrogen-bond acceptors (Lipinski definition) is 4. The number of amides is 1. The lowest BCUT2D eigenvalue weighted by molar-refractivity contribution is -0.139. The molecular weight excluding hydrogens is 410 g/mol. The van der Waals surface area contributed by atoms with E-state index in [1.54, 1.807) is 30.4 Å². The zero-order valence-corrected chi connectivity index (χ0v) is 18.3. The molecule has 0 aliphatic rings. The summed E-state index contributed by atoms with van der Waals surface area (Å²) in [6.45, 7) is 1.99. The van der Waals surface area contributed by atoms with Gasteiger partial charge >= 0.3 is 5.97 Å². The van der Waals surface area contributed by atoms with Gasteiger partial charge in [0.1, 0.15) is 6.04 Å². The molecule has 160 valence electrons. The lowest BCUT2D eigenvalue weighted by atomic mass is 9.93. The van der Waals surface area contributed by atoms with Crippen LogP contribution in [0.2, 0.25) is 0 Å². The number of carbonyl (C=O) groups excluding carboxylic acids is 1. The second-order valence-electron chi connectivity index (χ2n) is 7.09. The van der Waals surface area contributed by atoms with E-state index in [1.165, 1.54) is 0 Å². The number of nitrogens with zero attached hydrogens (tertiary/aromatic N) is 1. The fourth-order valence-corrected chi connectivity index (χ4v) is 3.71. The summed E-state index contributed by atoms with van der Waals surface area (Å²) in [5.74, 6) is -0.772. The molecule has 1 unspecified atom stereocenters. The molecular formula is C24H25N3O3S. The molecule has 0 saturated heterocycles. The molecule has 0 spiro atoms. The first-order valence-corrected chi connectivity index (χ1v) is 11.3. The molecule has 2 aromatic carbocycles. The van der Waals surface area contributed by atoms with Gasteiger partial charge in [-0.05, 0) is 65.8 Å². The molecule has 6 nitrogen and oxygen atoms in total. The monoisotopic (exact) mass is 435 g/mol. The van der Waals surface area contributed by atoms with Gasteiger partial charge in [-0.25, -0.2) is 9.78 Å². The normalized spacial score (nSPS) is 12.1. The van der Waals surface area contributed by atoms with Crippen molar-refractivity contribution in [2.45, 2.75) is 19.4 Å². The van der Waals surface area contributed by atoms with Crippen LogP contribution in [0.5, 0.6) is 0 Å². The van der Waals surface area contributed by atoms with E-state index in [0.29, 0.717) is 17.7 Å². The second kappa shape index (κ2) is 10.6. The Labute approximate surface area is 185 Å². The van der Waals surface area contributed by atoms with Crippen LogP contribution in [-0.4, -0.2) is 45.0 Å². The van der Waals surface area contributed by atoms with E-state index in [0.717, 1.165) is 27.9 Å². The third kappa shape index (κ3) is 5.86. The first-order valence-electron chi connectivity index (χ1n) is 9.89. The van der Waals surface area contributed by atoms with Crippen molar-refractivity contribution < 1.29 is 14.7 Å². The summed E-state index contributed by atoms with van der Waals surface area (Å²) in [4.78, 5) is 31.8. The minimum Gasteiger partial charge on any atom is -0.480 e. The third-order valence-corrected chi connectivity index (χ3v) is 5.55. The van der Waals surface area contributed by atoms with E-state index in [9.17, 15) is 14.7 Å². The van der Waals surface area contributed by atoms with E-state index in [4.69, 9.17) is 0 Å². The topological polar surface area (TPSA) is 95.1 Å². The van der Waals surface area contributed by atoms with Crippen LogP contribution in [-0.2, 0) is 4.79 Å².